The Morgan fingerprint density at radius 2 is 2.00 bits per heavy atom. The first-order valence-corrected chi connectivity index (χ1v) is 7.96. The minimum atomic E-state index is -0.383. The zero-order valence-corrected chi connectivity index (χ0v) is 14.2. The van der Waals surface area contributed by atoms with E-state index in [0.29, 0.717) is 27.8 Å². The number of rotatable bonds is 4. The van der Waals surface area contributed by atoms with Gasteiger partial charge < -0.3 is 10.2 Å². The van der Waals surface area contributed by atoms with Gasteiger partial charge in [0.2, 0.25) is 0 Å². The van der Waals surface area contributed by atoms with Crippen LogP contribution in [0, 0.1) is 6.92 Å². The number of hydrazone groups is 1. The Hall–Kier alpha value is -3.05. The van der Waals surface area contributed by atoms with Crippen molar-refractivity contribution in [1.29, 1.82) is 0 Å². The maximum Gasteiger partial charge on any atom is 0.273 e. The van der Waals surface area contributed by atoms with E-state index in [0.717, 1.165) is 11.1 Å². The first kappa shape index (κ1) is 16.8. The van der Waals surface area contributed by atoms with E-state index >= 15 is 0 Å². The fourth-order valence-corrected chi connectivity index (χ4v) is 2.52. The number of aryl methyl sites for hydroxylation is 1. The number of nitrogen functional groups attached to an aromatic ring is 1. The molecule has 0 bridgehead atoms. The molecule has 0 aliphatic heterocycles. The predicted octanol–water partition coefficient (Wildman–Crippen LogP) is 4.25. The van der Waals surface area contributed by atoms with Crippen LogP contribution in [0.2, 0.25) is 5.02 Å². The molecule has 0 spiro atoms. The van der Waals surface area contributed by atoms with Crippen LogP contribution in [-0.4, -0.2) is 12.1 Å². The summed E-state index contributed by atoms with van der Waals surface area (Å²) in [7, 11) is 0. The Labute approximate surface area is 150 Å². The van der Waals surface area contributed by atoms with Gasteiger partial charge in [-0.3, -0.25) is 4.79 Å². The third-order valence-corrected chi connectivity index (χ3v) is 3.89. The lowest BCUT2D eigenvalue weighted by molar-refractivity contribution is 0.0956. The molecule has 0 saturated heterocycles. The Morgan fingerprint density at radius 1 is 1.20 bits per heavy atom. The number of hydrogen-bond donors (Lipinski definition) is 2. The Morgan fingerprint density at radius 3 is 2.80 bits per heavy atom. The molecule has 5 nitrogen and oxygen atoms in total. The minimum absolute atomic E-state index is 0.370. The molecule has 3 N–H and O–H groups in total. The van der Waals surface area contributed by atoms with Crippen LogP contribution in [0.25, 0.3) is 11.3 Å². The van der Waals surface area contributed by atoms with Crippen molar-refractivity contribution in [2.75, 3.05) is 5.73 Å². The van der Waals surface area contributed by atoms with Crippen LogP contribution in [-0.2, 0) is 0 Å². The molecule has 0 saturated carbocycles. The molecule has 3 aromatic rings. The molecule has 6 heteroatoms. The third kappa shape index (κ3) is 3.89. The molecule has 0 unspecified atom stereocenters. The van der Waals surface area contributed by atoms with Gasteiger partial charge in [0.05, 0.1) is 11.8 Å². The number of nitrogens with two attached hydrogens (primary N) is 1. The summed E-state index contributed by atoms with van der Waals surface area (Å²) in [6.45, 7) is 1.98. The van der Waals surface area contributed by atoms with E-state index in [9.17, 15) is 4.79 Å². The molecule has 0 atom stereocenters. The molecular weight excluding hydrogens is 338 g/mol. The molecule has 25 heavy (non-hydrogen) atoms. The fourth-order valence-electron chi connectivity index (χ4n) is 2.35. The minimum Gasteiger partial charge on any atom is -0.455 e. The highest BCUT2D eigenvalue weighted by Gasteiger charge is 2.09. The van der Waals surface area contributed by atoms with Gasteiger partial charge in [-0.15, -0.1) is 0 Å². The molecule has 1 heterocycles. The van der Waals surface area contributed by atoms with Gasteiger partial charge in [0.1, 0.15) is 11.5 Å². The zero-order chi connectivity index (χ0) is 17.8. The third-order valence-electron chi connectivity index (χ3n) is 3.66. The molecule has 0 aliphatic carbocycles. The number of furan rings is 1. The van der Waals surface area contributed by atoms with Crippen molar-refractivity contribution in [1.82, 2.24) is 5.43 Å². The lowest BCUT2D eigenvalue weighted by Crippen LogP contribution is -2.18. The number of nitrogens with one attached hydrogen (secondary N) is 1. The quantitative estimate of drug-likeness (QED) is 0.418. The number of carbonyl (C=O) groups excluding carboxylic acids is 1. The second-order valence-electron chi connectivity index (χ2n) is 5.45. The van der Waals surface area contributed by atoms with Crippen LogP contribution in [0.5, 0.6) is 0 Å². The average molecular weight is 354 g/mol. The van der Waals surface area contributed by atoms with Crippen molar-refractivity contribution in [3.63, 3.8) is 0 Å². The zero-order valence-electron chi connectivity index (χ0n) is 13.5. The maximum absolute atomic E-state index is 12.0. The Bertz CT molecular complexity index is 947. The van der Waals surface area contributed by atoms with E-state index in [1.807, 2.05) is 31.2 Å². The summed E-state index contributed by atoms with van der Waals surface area (Å²) >= 11 is 6.04. The second-order valence-corrected chi connectivity index (χ2v) is 5.88. The standard InChI is InChI=1S/C19H16ClN3O2/c1-12-6-7-13(20)10-16(12)18-9-8-14(25-18)11-22-23-19(24)15-4-2-3-5-17(15)21/h2-11H,21H2,1H3,(H,23,24). The smallest absolute Gasteiger partial charge is 0.273 e. The summed E-state index contributed by atoms with van der Waals surface area (Å²) in [5.74, 6) is 0.808. The topological polar surface area (TPSA) is 80.6 Å². The number of hydrogen-bond acceptors (Lipinski definition) is 4. The first-order valence-electron chi connectivity index (χ1n) is 7.59. The molecule has 0 aliphatic rings. The van der Waals surface area contributed by atoms with E-state index in [1.165, 1.54) is 6.21 Å². The van der Waals surface area contributed by atoms with Gasteiger partial charge in [-0.1, -0.05) is 29.8 Å². The summed E-state index contributed by atoms with van der Waals surface area (Å²) in [6, 6.07) is 16.0. The summed E-state index contributed by atoms with van der Waals surface area (Å²) in [5, 5.41) is 4.54. The van der Waals surface area contributed by atoms with Crippen molar-refractivity contribution in [3.8, 4) is 11.3 Å². The molecule has 126 valence electrons. The predicted molar refractivity (Wildman–Crippen MR) is 99.8 cm³/mol. The van der Waals surface area contributed by atoms with Crippen LogP contribution in [0.15, 0.2) is 64.1 Å². The van der Waals surface area contributed by atoms with Gasteiger partial charge >= 0.3 is 0 Å². The van der Waals surface area contributed by atoms with Crippen LogP contribution < -0.4 is 11.2 Å². The summed E-state index contributed by atoms with van der Waals surface area (Å²) in [5.41, 5.74) is 10.9. The lowest BCUT2D eigenvalue weighted by Gasteiger charge is -2.03. The van der Waals surface area contributed by atoms with E-state index in [-0.39, 0.29) is 5.91 Å². The van der Waals surface area contributed by atoms with E-state index in [1.54, 1.807) is 30.3 Å². The van der Waals surface area contributed by atoms with Gasteiger partial charge in [0.25, 0.3) is 5.91 Å². The molecule has 1 amide bonds. The molecule has 3 rings (SSSR count). The van der Waals surface area contributed by atoms with Crippen LogP contribution in [0.1, 0.15) is 21.7 Å². The SMILES string of the molecule is Cc1ccc(Cl)cc1-c1ccc(C=NNC(=O)c2ccccc2N)o1. The highest BCUT2D eigenvalue weighted by atomic mass is 35.5. The highest BCUT2D eigenvalue weighted by Crippen LogP contribution is 2.27. The van der Waals surface area contributed by atoms with Crippen molar-refractivity contribution in [2.45, 2.75) is 6.92 Å². The summed E-state index contributed by atoms with van der Waals surface area (Å²) in [4.78, 5) is 12.0. The molecule has 0 radical (unpaired) electrons. The molecule has 1 aromatic heterocycles. The normalized spacial score (nSPS) is 11.0. The number of anilines is 1. The van der Waals surface area contributed by atoms with E-state index < -0.39 is 0 Å². The molecule has 0 fully saturated rings. The second kappa shape index (κ2) is 7.23. The fraction of sp³-hybridized carbons (Fsp3) is 0.0526. The van der Waals surface area contributed by atoms with Crippen LogP contribution in [0.3, 0.4) is 0 Å². The van der Waals surface area contributed by atoms with Gasteiger partial charge in [0.15, 0.2) is 0 Å². The van der Waals surface area contributed by atoms with Gasteiger partial charge in [0, 0.05) is 16.3 Å². The lowest BCUT2D eigenvalue weighted by atomic mass is 10.1. The summed E-state index contributed by atoms with van der Waals surface area (Å²) in [6.07, 6.45) is 1.43. The highest BCUT2D eigenvalue weighted by molar-refractivity contribution is 6.30. The van der Waals surface area contributed by atoms with E-state index in [4.69, 9.17) is 21.8 Å². The number of nitrogens with zero attached hydrogens (tertiary/aromatic N) is 1. The van der Waals surface area contributed by atoms with Crippen molar-refractivity contribution >= 4 is 29.4 Å². The number of amides is 1. The van der Waals surface area contributed by atoms with Gasteiger partial charge in [-0.25, -0.2) is 5.43 Å². The molecular formula is C19H16ClN3O2. The first-order chi connectivity index (χ1) is 12.0. The average Bonchev–Trinajstić information content (AvgIpc) is 3.06. The number of para-hydroxylation sites is 1. The van der Waals surface area contributed by atoms with Crippen molar-refractivity contribution in [3.05, 3.63) is 76.5 Å². The van der Waals surface area contributed by atoms with Gasteiger partial charge in [-0.2, -0.15) is 5.10 Å². The van der Waals surface area contributed by atoms with Crippen molar-refractivity contribution in [2.24, 2.45) is 5.10 Å². The monoisotopic (exact) mass is 353 g/mol. The number of halogens is 1. The van der Waals surface area contributed by atoms with Crippen LogP contribution in [0.4, 0.5) is 5.69 Å². The molecule has 2 aromatic carbocycles. The largest absolute Gasteiger partial charge is 0.455 e. The Kier molecular flexibility index (Phi) is 4.86. The maximum atomic E-state index is 12.0. The number of carbonyl (C=O) groups is 1. The van der Waals surface area contributed by atoms with Crippen molar-refractivity contribution < 1.29 is 9.21 Å². The summed E-state index contributed by atoms with van der Waals surface area (Å²) < 4.78 is 5.73. The van der Waals surface area contributed by atoms with E-state index in [2.05, 4.69) is 10.5 Å². The number of benzene rings is 2. The van der Waals surface area contributed by atoms with Crippen LogP contribution >= 0.6 is 11.6 Å². The Balaban J connectivity index is 1.71. The van der Waals surface area contributed by atoms with Gasteiger partial charge in [-0.05, 0) is 48.9 Å².